The maximum Gasteiger partial charge on any atom is 0.339 e. The minimum absolute atomic E-state index is 0.192. The Balaban J connectivity index is 2.25. The van der Waals surface area contributed by atoms with E-state index in [1.54, 1.807) is 18.4 Å². The van der Waals surface area contributed by atoms with Gasteiger partial charge in [0, 0.05) is 10.9 Å². The van der Waals surface area contributed by atoms with Gasteiger partial charge in [-0.25, -0.2) is 4.79 Å². The number of carboxylic acids is 1. The molecule has 0 aliphatic carbocycles. The van der Waals surface area contributed by atoms with Gasteiger partial charge in [-0.15, -0.1) is 0 Å². The molecule has 0 bridgehead atoms. The maximum atomic E-state index is 11.2. The Labute approximate surface area is 116 Å². The van der Waals surface area contributed by atoms with Crippen molar-refractivity contribution in [2.24, 2.45) is 0 Å². The number of rotatable bonds is 2. The highest BCUT2D eigenvalue weighted by Crippen LogP contribution is 2.33. The van der Waals surface area contributed by atoms with Gasteiger partial charge in [-0.05, 0) is 36.6 Å². The summed E-state index contributed by atoms with van der Waals surface area (Å²) >= 11 is 0. The van der Waals surface area contributed by atoms with E-state index in [1.807, 2.05) is 12.1 Å². The molecular weight excluding hydrogens is 252 g/mol. The molecule has 0 spiro atoms. The van der Waals surface area contributed by atoms with Gasteiger partial charge >= 0.3 is 5.97 Å². The highest BCUT2D eigenvalue weighted by molar-refractivity contribution is 6.05. The summed E-state index contributed by atoms with van der Waals surface area (Å²) in [6.07, 6.45) is 1.63. The predicted molar refractivity (Wildman–Crippen MR) is 78.1 cm³/mol. The molecule has 1 aromatic heterocycles. The van der Waals surface area contributed by atoms with Crippen molar-refractivity contribution in [3.63, 3.8) is 0 Å². The lowest BCUT2D eigenvalue weighted by molar-refractivity contribution is 0.0698. The normalized spacial score (nSPS) is 10.9. The van der Waals surface area contributed by atoms with Gasteiger partial charge in [0.2, 0.25) is 0 Å². The third kappa shape index (κ3) is 1.88. The number of carbonyl (C=O) groups is 1. The average molecular weight is 266 g/mol. The van der Waals surface area contributed by atoms with Gasteiger partial charge in [-0.2, -0.15) is 0 Å². The number of benzene rings is 2. The van der Waals surface area contributed by atoms with Crippen LogP contribution in [-0.2, 0) is 0 Å². The summed E-state index contributed by atoms with van der Waals surface area (Å²) in [7, 11) is 0. The fourth-order valence-electron chi connectivity index (χ4n) is 2.36. The third-order valence-electron chi connectivity index (χ3n) is 3.65. The van der Waals surface area contributed by atoms with Crippen molar-refractivity contribution in [3.05, 3.63) is 59.4 Å². The SMILES string of the molecule is Cc1ccc(-c2coc3c(C(=O)O)cccc23)cc1C. The van der Waals surface area contributed by atoms with E-state index in [-0.39, 0.29) is 5.56 Å². The molecule has 0 saturated heterocycles. The first-order valence-electron chi connectivity index (χ1n) is 6.39. The summed E-state index contributed by atoms with van der Waals surface area (Å²) < 4.78 is 5.49. The molecule has 3 heteroatoms. The standard InChI is InChI=1S/C17H14O3/c1-10-6-7-12(8-11(10)2)15-9-20-16-13(15)4-3-5-14(16)17(18)19/h3-9H,1-2H3,(H,18,19). The van der Waals surface area contributed by atoms with Gasteiger partial charge in [0.25, 0.3) is 0 Å². The number of fused-ring (bicyclic) bond motifs is 1. The number of para-hydroxylation sites is 1. The summed E-state index contributed by atoms with van der Waals surface area (Å²) in [6.45, 7) is 4.12. The summed E-state index contributed by atoms with van der Waals surface area (Å²) in [4.78, 5) is 11.2. The molecule has 0 unspecified atom stereocenters. The minimum atomic E-state index is -0.975. The quantitative estimate of drug-likeness (QED) is 0.747. The number of aryl methyl sites for hydroxylation is 2. The summed E-state index contributed by atoms with van der Waals surface area (Å²) in [5.74, 6) is -0.975. The zero-order valence-corrected chi connectivity index (χ0v) is 11.3. The molecule has 2 aromatic carbocycles. The van der Waals surface area contributed by atoms with E-state index in [1.165, 1.54) is 11.1 Å². The first-order valence-corrected chi connectivity index (χ1v) is 6.39. The topological polar surface area (TPSA) is 50.4 Å². The molecule has 0 saturated carbocycles. The number of carboxylic acid groups (broad SMARTS) is 1. The second kappa shape index (κ2) is 4.53. The summed E-state index contributed by atoms with van der Waals surface area (Å²) in [5, 5.41) is 10.0. The van der Waals surface area contributed by atoms with E-state index < -0.39 is 5.97 Å². The van der Waals surface area contributed by atoms with Crippen LogP contribution in [0.3, 0.4) is 0 Å². The van der Waals surface area contributed by atoms with E-state index in [2.05, 4.69) is 26.0 Å². The van der Waals surface area contributed by atoms with E-state index in [0.717, 1.165) is 16.5 Å². The maximum absolute atomic E-state index is 11.2. The Hall–Kier alpha value is -2.55. The molecule has 3 rings (SSSR count). The molecule has 0 fully saturated rings. The zero-order chi connectivity index (χ0) is 14.3. The van der Waals surface area contributed by atoms with Crippen LogP contribution in [0.25, 0.3) is 22.1 Å². The van der Waals surface area contributed by atoms with Gasteiger partial charge in [0.05, 0.1) is 6.26 Å². The van der Waals surface area contributed by atoms with Gasteiger partial charge in [0.1, 0.15) is 11.1 Å². The molecular formula is C17H14O3. The fourth-order valence-corrected chi connectivity index (χ4v) is 2.36. The molecule has 0 aliphatic rings. The molecule has 0 radical (unpaired) electrons. The molecule has 0 aliphatic heterocycles. The largest absolute Gasteiger partial charge is 0.478 e. The highest BCUT2D eigenvalue weighted by atomic mass is 16.4. The van der Waals surface area contributed by atoms with Crippen molar-refractivity contribution < 1.29 is 14.3 Å². The Bertz CT molecular complexity index is 812. The van der Waals surface area contributed by atoms with E-state index >= 15 is 0 Å². The lowest BCUT2D eigenvalue weighted by atomic mass is 9.99. The van der Waals surface area contributed by atoms with Gasteiger partial charge in [-0.3, -0.25) is 0 Å². The van der Waals surface area contributed by atoms with Crippen LogP contribution in [0.15, 0.2) is 47.1 Å². The molecule has 3 aromatic rings. The van der Waals surface area contributed by atoms with Crippen LogP contribution < -0.4 is 0 Å². The number of hydrogen-bond acceptors (Lipinski definition) is 2. The van der Waals surface area contributed by atoms with Crippen LogP contribution in [0, 0.1) is 13.8 Å². The monoisotopic (exact) mass is 266 g/mol. The molecule has 1 heterocycles. The molecule has 0 atom stereocenters. The molecule has 3 nitrogen and oxygen atoms in total. The van der Waals surface area contributed by atoms with Crippen molar-refractivity contribution in [1.29, 1.82) is 0 Å². The molecule has 20 heavy (non-hydrogen) atoms. The van der Waals surface area contributed by atoms with Gasteiger partial charge in [-0.1, -0.05) is 30.3 Å². The Morgan fingerprint density at radius 2 is 1.90 bits per heavy atom. The number of hydrogen-bond donors (Lipinski definition) is 1. The van der Waals surface area contributed by atoms with Crippen molar-refractivity contribution in [3.8, 4) is 11.1 Å². The Morgan fingerprint density at radius 3 is 2.60 bits per heavy atom. The van der Waals surface area contributed by atoms with E-state index in [4.69, 9.17) is 4.42 Å². The summed E-state index contributed by atoms with van der Waals surface area (Å²) in [5.41, 5.74) is 5.01. The predicted octanol–water partition coefficient (Wildman–Crippen LogP) is 4.41. The van der Waals surface area contributed by atoms with E-state index in [9.17, 15) is 9.90 Å². The zero-order valence-electron chi connectivity index (χ0n) is 11.3. The van der Waals surface area contributed by atoms with Crippen molar-refractivity contribution in [1.82, 2.24) is 0 Å². The van der Waals surface area contributed by atoms with Crippen LogP contribution in [0.5, 0.6) is 0 Å². The van der Waals surface area contributed by atoms with Crippen LogP contribution in [-0.4, -0.2) is 11.1 Å². The number of furan rings is 1. The van der Waals surface area contributed by atoms with Gasteiger partial charge < -0.3 is 9.52 Å². The van der Waals surface area contributed by atoms with Crippen molar-refractivity contribution in [2.45, 2.75) is 13.8 Å². The summed E-state index contributed by atoms with van der Waals surface area (Å²) in [6, 6.07) is 11.4. The Morgan fingerprint density at radius 1 is 1.10 bits per heavy atom. The second-order valence-electron chi connectivity index (χ2n) is 4.94. The second-order valence-corrected chi connectivity index (χ2v) is 4.94. The lowest BCUT2D eigenvalue weighted by Gasteiger charge is -2.04. The smallest absolute Gasteiger partial charge is 0.339 e. The first kappa shape index (κ1) is 12.5. The third-order valence-corrected chi connectivity index (χ3v) is 3.65. The van der Waals surface area contributed by atoms with Crippen molar-refractivity contribution in [2.75, 3.05) is 0 Å². The van der Waals surface area contributed by atoms with Crippen molar-refractivity contribution >= 4 is 16.9 Å². The van der Waals surface area contributed by atoms with Crippen LogP contribution in [0.2, 0.25) is 0 Å². The van der Waals surface area contributed by atoms with Gasteiger partial charge in [0.15, 0.2) is 0 Å². The Kier molecular flexibility index (Phi) is 2.83. The average Bonchev–Trinajstić information content (AvgIpc) is 2.85. The van der Waals surface area contributed by atoms with E-state index in [0.29, 0.717) is 5.58 Å². The van der Waals surface area contributed by atoms with Crippen LogP contribution >= 0.6 is 0 Å². The van der Waals surface area contributed by atoms with Crippen LogP contribution in [0.1, 0.15) is 21.5 Å². The lowest BCUT2D eigenvalue weighted by Crippen LogP contribution is -1.95. The molecule has 0 amide bonds. The highest BCUT2D eigenvalue weighted by Gasteiger charge is 2.15. The molecule has 1 N–H and O–H groups in total. The number of aromatic carboxylic acids is 1. The minimum Gasteiger partial charge on any atom is -0.478 e. The molecule has 100 valence electrons. The first-order chi connectivity index (χ1) is 9.58. The fraction of sp³-hybridized carbons (Fsp3) is 0.118. The van der Waals surface area contributed by atoms with Crippen LogP contribution in [0.4, 0.5) is 0 Å².